The maximum Gasteiger partial charge on any atom is 0.284 e. The lowest BCUT2D eigenvalue weighted by molar-refractivity contribution is 0.0370. The summed E-state index contributed by atoms with van der Waals surface area (Å²) < 4.78 is 50.8. The normalized spacial score (nSPS) is 15.2. The zero-order chi connectivity index (χ0) is 40.1. The Hall–Kier alpha value is -4.91. The Kier molecular flexibility index (Phi) is 12.3. The largest absolute Gasteiger partial charge is 0.379 e. The predicted octanol–water partition coefficient (Wildman–Crippen LogP) is 7.12. The molecule has 58 heavy (non-hydrogen) atoms. The minimum Gasteiger partial charge on any atom is -0.379 e. The molecule has 2 amide bonds. The maximum absolute atomic E-state index is 15.6. The van der Waals surface area contributed by atoms with E-state index in [-0.39, 0.29) is 28.2 Å². The van der Waals surface area contributed by atoms with Crippen LogP contribution in [0, 0.1) is 5.82 Å². The summed E-state index contributed by atoms with van der Waals surface area (Å²) in [6.07, 6.45) is 1.39. The van der Waals surface area contributed by atoms with E-state index in [1.807, 2.05) is 71.6 Å². The standard InChI is InChI=1S/C41H40FN7O5S4/c42-33-23-30(13-14-34(33)43-28(16-17-48-19-21-54-22-20-48)25-55-29-8-2-1-3-9-29)58(52,53)47-39(51)36-26-56-41(45-36)49-18-15-27-7-6-10-31(32(27)24-49)38(50)46-40-44-35-11-4-5-12-37(35)57-40/h1-14,23,26,28,43H,15-22,24-25H2,(H,47,51)(H,44,46,50)/t28-/m1/s1. The van der Waals surface area contributed by atoms with Crippen molar-refractivity contribution in [2.75, 3.05) is 60.7 Å². The molecule has 2 aromatic heterocycles. The number of carbonyl (C=O) groups excluding carboxylic acids is 2. The average molecular weight is 858 g/mol. The first-order valence-corrected chi connectivity index (χ1v) is 22.9. The van der Waals surface area contributed by atoms with Gasteiger partial charge in [-0.25, -0.2) is 27.5 Å². The van der Waals surface area contributed by atoms with E-state index in [4.69, 9.17) is 4.74 Å². The number of hydrogen-bond donors (Lipinski definition) is 3. The summed E-state index contributed by atoms with van der Waals surface area (Å²) in [5.41, 5.74) is 3.30. The lowest BCUT2D eigenvalue weighted by atomic mass is 9.94. The van der Waals surface area contributed by atoms with Crippen LogP contribution in [-0.2, 0) is 27.7 Å². The van der Waals surface area contributed by atoms with Crippen LogP contribution in [0.25, 0.3) is 10.2 Å². The monoisotopic (exact) mass is 857 g/mol. The van der Waals surface area contributed by atoms with Crippen LogP contribution >= 0.6 is 34.4 Å². The van der Waals surface area contributed by atoms with Crippen molar-refractivity contribution in [3.05, 3.63) is 125 Å². The molecule has 1 fully saturated rings. The third kappa shape index (κ3) is 9.51. The second-order valence-electron chi connectivity index (χ2n) is 13.9. The van der Waals surface area contributed by atoms with Crippen LogP contribution in [-0.4, -0.2) is 86.3 Å². The Morgan fingerprint density at radius 3 is 2.55 bits per heavy atom. The molecule has 17 heteroatoms. The highest BCUT2D eigenvalue weighted by molar-refractivity contribution is 7.99. The van der Waals surface area contributed by atoms with Gasteiger partial charge in [0.15, 0.2) is 10.3 Å². The van der Waals surface area contributed by atoms with Crippen LogP contribution in [0.5, 0.6) is 0 Å². The minimum absolute atomic E-state index is 0.0889. The first-order valence-electron chi connectivity index (χ1n) is 18.8. The molecule has 8 rings (SSSR count). The van der Waals surface area contributed by atoms with E-state index in [0.717, 1.165) is 58.4 Å². The van der Waals surface area contributed by atoms with Gasteiger partial charge in [0.25, 0.3) is 21.8 Å². The third-order valence-electron chi connectivity index (χ3n) is 9.96. The van der Waals surface area contributed by atoms with Crippen LogP contribution in [0.1, 0.15) is 38.4 Å². The molecule has 3 N–H and O–H groups in total. The lowest BCUT2D eigenvalue weighted by Crippen LogP contribution is -2.39. The molecular formula is C41H40FN7O5S4. The smallest absolute Gasteiger partial charge is 0.284 e. The number of fused-ring (bicyclic) bond motifs is 2. The van der Waals surface area contributed by atoms with Crippen LogP contribution in [0.2, 0.25) is 0 Å². The van der Waals surface area contributed by atoms with Crippen molar-refractivity contribution in [3.8, 4) is 0 Å². The topological polar surface area (TPSA) is 146 Å². The minimum atomic E-state index is -4.44. The summed E-state index contributed by atoms with van der Waals surface area (Å²) in [6.45, 7) is 4.81. The molecule has 300 valence electrons. The summed E-state index contributed by atoms with van der Waals surface area (Å²) in [7, 11) is -4.44. The number of anilines is 3. The Morgan fingerprint density at radius 1 is 0.931 bits per heavy atom. The molecule has 4 aromatic carbocycles. The van der Waals surface area contributed by atoms with Crippen molar-refractivity contribution in [1.82, 2.24) is 19.6 Å². The predicted molar refractivity (Wildman–Crippen MR) is 228 cm³/mol. The van der Waals surface area contributed by atoms with Crippen molar-refractivity contribution >= 4 is 82.4 Å². The van der Waals surface area contributed by atoms with Crippen molar-refractivity contribution < 1.29 is 27.1 Å². The van der Waals surface area contributed by atoms with Gasteiger partial charge in [0.05, 0.1) is 34.0 Å². The SMILES string of the molecule is O=C(NS(=O)(=O)c1ccc(N[C@H](CCN2CCOCC2)CSc2ccccc2)c(F)c1)c1csc(N2CCc3cccc(C(=O)Nc4nc5ccccc5s4)c3C2)n1. The number of halogens is 1. The Balaban J connectivity index is 0.906. The Labute approximate surface area is 347 Å². The zero-order valence-corrected chi connectivity index (χ0v) is 34.5. The Bertz CT molecular complexity index is 2500. The van der Waals surface area contributed by atoms with Crippen LogP contribution < -0.4 is 20.3 Å². The number of hydrogen-bond acceptors (Lipinski definition) is 13. The van der Waals surface area contributed by atoms with Crippen molar-refractivity contribution in [2.45, 2.75) is 35.2 Å². The van der Waals surface area contributed by atoms with Crippen LogP contribution in [0.3, 0.4) is 0 Å². The number of nitrogens with zero attached hydrogens (tertiary/aromatic N) is 4. The third-order valence-corrected chi connectivity index (χ3v) is 14.3. The number of para-hydroxylation sites is 1. The van der Waals surface area contributed by atoms with Gasteiger partial charge in [-0.15, -0.1) is 23.1 Å². The molecule has 0 aliphatic carbocycles. The first-order chi connectivity index (χ1) is 28.2. The van der Waals surface area contributed by atoms with E-state index in [1.54, 1.807) is 17.8 Å². The zero-order valence-electron chi connectivity index (χ0n) is 31.2. The summed E-state index contributed by atoms with van der Waals surface area (Å²) in [5, 5.41) is 8.74. The number of thioether (sulfide) groups is 1. The molecule has 1 saturated heterocycles. The Morgan fingerprint density at radius 2 is 1.74 bits per heavy atom. The number of ether oxygens (including phenoxy) is 1. The lowest BCUT2D eigenvalue weighted by Gasteiger charge is -2.29. The molecule has 0 saturated carbocycles. The van der Waals surface area contributed by atoms with E-state index in [1.165, 1.54) is 40.2 Å². The summed E-state index contributed by atoms with van der Waals surface area (Å²) in [5.74, 6) is -1.27. The number of aromatic nitrogens is 2. The van der Waals surface area contributed by atoms with Crippen LogP contribution in [0.15, 0.2) is 106 Å². The maximum atomic E-state index is 15.6. The van der Waals surface area contributed by atoms with E-state index >= 15 is 4.39 Å². The fraction of sp³-hybridized carbons (Fsp3) is 0.268. The summed E-state index contributed by atoms with van der Waals surface area (Å²) >= 11 is 4.26. The number of amides is 2. The molecule has 2 aliphatic heterocycles. The molecule has 4 heterocycles. The van der Waals surface area contributed by atoms with Gasteiger partial charge in [-0.2, -0.15) is 0 Å². The van der Waals surface area contributed by atoms with E-state index in [0.29, 0.717) is 54.3 Å². The molecule has 6 aromatic rings. The highest BCUT2D eigenvalue weighted by atomic mass is 32.2. The van der Waals surface area contributed by atoms with Gasteiger partial charge >= 0.3 is 0 Å². The molecular weight excluding hydrogens is 818 g/mol. The molecule has 1 atom stereocenters. The fourth-order valence-electron chi connectivity index (χ4n) is 6.87. The van der Waals surface area contributed by atoms with Crippen molar-refractivity contribution in [2.24, 2.45) is 0 Å². The summed E-state index contributed by atoms with van der Waals surface area (Å²) in [6, 6.07) is 26.8. The van der Waals surface area contributed by atoms with Gasteiger partial charge in [-0.05, 0) is 72.5 Å². The highest BCUT2D eigenvalue weighted by Crippen LogP contribution is 2.31. The van der Waals surface area contributed by atoms with Gasteiger partial charge < -0.3 is 15.0 Å². The van der Waals surface area contributed by atoms with Crippen molar-refractivity contribution in [1.29, 1.82) is 0 Å². The van der Waals surface area contributed by atoms with Crippen LogP contribution in [0.4, 0.5) is 20.3 Å². The number of morpholine rings is 1. The number of nitrogens with one attached hydrogen (secondary N) is 3. The number of rotatable bonds is 14. The molecule has 0 spiro atoms. The number of carbonyl (C=O) groups is 2. The first kappa shape index (κ1) is 39.9. The molecule has 0 unspecified atom stereocenters. The second kappa shape index (κ2) is 17.9. The molecule has 12 nitrogen and oxygen atoms in total. The van der Waals surface area contributed by atoms with E-state index < -0.39 is 21.7 Å². The van der Waals surface area contributed by atoms with E-state index in [2.05, 4.69) is 30.2 Å². The van der Waals surface area contributed by atoms with E-state index in [9.17, 15) is 18.0 Å². The van der Waals surface area contributed by atoms with Crippen molar-refractivity contribution in [3.63, 3.8) is 0 Å². The van der Waals surface area contributed by atoms with Gasteiger partial charge in [0, 0.05) is 60.4 Å². The fourth-order valence-corrected chi connectivity index (χ4v) is 10.5. The van der Waals surface area contributed by atoms with Gasteiger partial charge in [-0.1, -0.05) is 53.8 Å². The van der Waals surface area contributed by atoms with Gasteiger partial charge in [0.1, 0.15) is 11.5 Å². The highest BCUT2D eigenvalue weighted by Gasteiger charge is 2.27. The summed E-state index contributed by atoms with van der Waals surface area (Å²) in [4.78, 5) is 40.7. The quantitative estimate of drug-likeness (QED) is 0.0964. The van der Waals surface area contributed by atoms with Gasteiger partial charge in [-0.3, -0.25) is 19.8 Å². The number of thiazole rings is 2. The number of sulfonamides is 1. The average Bonchev–Trinajstić information content (AvgIpc) is 3.90. The molecule has 2 aliphatic rings. The molecule has 0 radical (unpaired) electrons. The van der Waals surface area contributed by atoms with Gasteiger partial charge in [0.2, 0.25) is 0 Å². The molecule has 0 bridgehead atoms. The number of benzene rings is 4. The second-order valence-corrected chi connectivity index (χ2v) is 18.5.